The van der Waals surface area contributed by atoms with E-state index in [-0.39, 0.29) is 12.1 Å². The van der Waals surface area contributed by atoms with Gasteiger partial charge in [0.05, 0.1) is 12.7 Å². The monoisotopic (exact) mass is 377 g/mol. The molecule has 1 aliphatic rings. The van der Waals surface area contributed by atoms with Crippen LogP contribution in [0.15, 0.2) is 12.1 Å². The quantitative estimate of drug-likeness (QED) is 0.644. The van der Waals surface area contributed by atoms with Crippen molar-refractivity contribution < 1.29 is 19.1 Å². The molecule has 2 rings (SSSR count). The number of esters is 1. The van der Waals surface area contributed by atoms with Gasteiger partial charge in [-0.1, -0.05) is 0 Å². The number of methoxy groups -OCH3 is 1. The van der Waals surface area contributed by atoms with Gasteiger partial charge < -0.3 is 20.1 Å². The van der Waals surface area contributed by atoms with Crippen LogP contribution in [0.1, 0.15) is 49.2 Å². The Bertz CT molecular complexity index is 712. The number of ether oxygens (including phenoxy) is 2. The van der Waals surface area contributed by atoms with Gasteiger partial charge in [-0.05, 0) is 57.9 Å². The Hall–Kier alpha value is -2.28. The van der Waals surface area contributed by atoms with E-state index in [2.05, 4.69) is 4.90 Å². The van der Waals surface area contributed by atoms with Gasteiger partial charge in [0.15, 0.2) is 0 Å². The van der Waals surface area contributed by atoms with E-state index in [1.54, 1.807) is 11.0 Å². The van der Waals surface area contributed by atoms with Gasteiger partial charge in [-0.3, -0.25) is 4.90 Å². The van der Waals surface area contributed by atoms with E-state index in [1.807, 2.05) is 40.7 Å². The van der Waals surface area contributed by atoms with Crippen LogP contribution in [-0.2, 0) is 16.0 Å². The van der Waals surface area contributed by atoms with Crippen molar-refractivity contribution >= 4 is 17.7 Å². The molecule has 2 N–H and O–H groups in total. The summed E-state index contributed by atoms with van der Waals surface area (Å²) < 4.78 is 10.3. The van der Waals surface area contributed by atoms with Gasteiger partial charge in [-0.15, -0.1) is 0 Å². The van der Waals surface area contributed by atoms with Gasteiger partial charge in [0, 0.05) is 37.9 Å². The van der Waals surface area contributed by atoms with Gasteiger partial charge in [0.2, 0.25) is 0 Å². The van der Waals surface area contributed by atoms with Crippen molar-refractivity contribution in [2.45, 2.75) is 52.8 Å². The highest BCUT2D eigenvalue weighted by atomic mass is 16.6. The lowest BCUT2D eigenvalue weighted by Crippen LogP contribution is -2.54. The first-order valence-corrected chi connectivity index (χ1v) is 9.21. The van der Waals surface area contributed by atoms with Crippen LogP contribution in [0.4, 0.5) is 10.5 Å². The smallest absolute Gasteiger partial charge is 0.410 e. The summed E-state index contributed by atoms with van der Waals surface area (Å²) >= 11 is 0. The van der Waals surface area contributed by atoms with Gasteiger partial charge in [0.25, 0.3) is 0 Å². The Labute approximate surface area is 161 Å². The normalized spacial score (nSPS) is 18.3. The van der Waals surface area contributed by atoms with E-state index in [0.717, 1.165) is 24.2 Å². The fraction of sp³-hybridized carbons (Fsp3) is 0.600. The lowest BCUT2D eigenvalue weighted by Gasteiger charge is -2.40. The summed E-state index contributed by atoms with van der Waals surface area (Å²) in [6.45, 7) is 12.3. The third-order valence-corrected chi connectivity index (χ3v) is 4.71. The molecular weight excluding hydrogens is 346 g/mol. The van der Waals surface area contributed by atoms with Gasteiger partial charge in [-0.25, -0.2) is 9.59 Å². The Morgan fingerprint density at radius 2 is 1.93 bits per heavy atom. The lowest BCUT2D eigenvalue weighted by atomic mass is 10.0. The van der Waals surface area contributed by atoms with Crippen molar-refractivity contribution in [3.63, 3.8) is 0 Å². The minimum absolute atomic E-state index is 0.0371. The first kappa shape index (κ1) is 21.0. The number of rotatable bonds is 3. The number of nitrogen functional groups attached to an aromatic ring is 1. The lowest BCUT2D eigenvalue weighted by molar-refractivity contribution is 0.000510. The summed E-state index contributed by atoms with van der Waals surface area (Å²) in [7, 11) is 1.36. The molecule has 27 heavy (non-hydrogen) atoms. The number of nitrogens with two attached hydrogens (primary N) is 1. The van der Waals surface area contributed by atoms with Crippen LogP contribution in [0.25, 0.3) is 0 Å². The number of hydrogen-bond donors (Lipinski definition) is 1. The van der Waals surface area contributed by atoms with E-state index >= 15 is 0 Å². The first-order valence-electron chi connectivity index (χ1n) is 9.21. The average molecular weight is 377 g/mol. The second-order valence-corrected chi connectivity index (χ2v) is 8.10. The summed E-state index contributed by atoms with van der Waals surface area (Å²) in [6, 6.07) is 3.52. The molecule has 1 aromatic carbocycles. The highest BCUT2D eigenvalue weighted by Gasteiger charge is 2.31. The largest absolute Gasteiger partial charge is 0.465 e. The van der Waals surface area contributed by atoms with Crippen molar-refractivity contribution in [3.8, 4) is 0 Å². The van der Waals surface area contributed by atoms with E-state index in [0.29, 0.717) is 24.3 Å². The molecule has 1 saturated heterocycles. The Kier molecular flexibility index (Phi) is 6.36. The Morgan fingerprint density at radius 1 is 1.26 bits per heavy atom. The number of carbonyl (C=O) groups excluding carboxylic acids is 2. The highest BCUT2D eigenvalue weighted by molar-refractivity contribution is 5.91. The van der Waals surface area contributed by atoms with Crippen LogP contribution in [0.3, 0.4) is 0 Å². The van der Waals surface area contributed by atoms with Crippen LogP contribution in [-0.4, -0.2) is 60.2 Å². The molecular formula is C20H31N3O4. The summed E-state index contributed by atoms with van der Waals surface area (Å²) in [4.78, 5) is 28.2. The maximum atomic E-state index is 12.4. The molecule has 1 unspecified atom stereocenters. The third kappa shape index (κ3) is 5.35. The molecule has 1 heterocycles. The molecule has 1 aliphatic heterocycles. The fourth-order valence-electron chi connectivity index (χ4n) is 3.21. The zero-order valence-electron chi connectivity index (χ0n) is 17.2. The molecule has 0 bridgehead atoms. The van der Waals surface area contributed by atoms with Crippen molar-refractivity contribution in [1.29, 1.82) is 0 Å². The third-order valence-electron chi connectivity index (χ3n) is 4.71. The molecule has 1 atom stereocenters. The number of benzene rings is 1. The molecule has 1 fully saturated rings. The zero-order chi connectivity index (χ0) is 20.4. The van der Waals surface area contributed by atoms with Crippen molar-refractivity contribution in [2.75, 3.05) is 32.5 Å². The van der Waals surface area contributed by atoms with E-state index in [1.165, 1.54) is 7.11 Å². The predicted octanol–water partition coefficient (Wildman–Crippen LogP) is 2.81. The Morgan fingerprint density at radius 3 is 2.48 bits per heavy atom. The van der Waals surface area contributed by atoms with Crippen molar-refractivity contribution in [1.82, 2.24) is 9.80 Å². The minimum Gasteiger partial charge on any atom is -0.465 e. The van der Waals surface area contributed by atoms with Crippen LogP contribution in [0.5, 0.6) is 0 Å². The van der Waals surface area contributed by atoms with Crippen molar-refractivity contribution in [2.24, 2.45) is 0 Å². The molecule has 7 heteroatoms. The van der Waals surface area contributed by atoms with Crippen molar-refractivity contribution in [3.05, 3.63) is 28.8 Å². The highest BCUT2D eigenvalue weighted by Crippen LogP contribution is 2.23. The van der Waals surface area contributed by atoms with E-state index in [4.69, 9.17) is 15.2 Å². The summed E-state index contributed by atoms with van der Waals surface area (Å²) in [5.74, 6) is -0.397. The van der Waals surface area contributed by atoms with Crippen LogP contribution < -0.4 is 5.73 Å². The zero-order valence-corrected chi connectivity index (χ0v) is 17.2. The number of hydrogen-bond acceptors (Lipinski definition) is 6. The molecule has 7 nitrogen and oxygen atoms in total. The number of nitrogens with zero attached hydrogens (tertiary/aromatic N) is 2. The van der Waals surface area contributed by atoms with Crippen LogP contribution >= 0.6 is 0 Å². The van der Waals surface area contributed by atoms with Crippen LogP contribution in [0.2, 0.25) is 0 Å². The molecule has 1 amide bonds. The number of amides is 1. The summed E-state index contributed by atoms with van der Waals surface area (Å²) in [5.41, 5.74) is 8.56. The maximum absolute atomic E-state index is 12.4. The number of anilines is 1. The molecule has 0 aliphatic carbocycles. The van der Waals surface area contributed by atoms with E-state index < -0.39 is 11.6 Å². The topological polar surface area (TPSA) is 85.1 Å². The Balaban J connectivity index is 2.07. The maximum Gasteiger partial charge on any atom is 0.410 e. The standard InChI is InChI=1S/C20H31N3O4/c1-13-11-22(7-8-23(13)19(25)27-20(3,4)5)12-16-9-15(18(24)26-6)10-17(21)14(16)2/h9-10,13H,7-8,11-12,21H2,1-6H3. The molecule has 0 radical (unpaired) electrons. The molecule has 0 aromatic heterocycles. The fourth-order valence-corrected chi connectivity index (χ4v) is 3.21. The minimum atomic E-state index is -0.503. The van der Waals surface area contributed by atoms with Gasteiger partial charge >= 0.3 is 12.1 Å². The molecule has 150 valence electrons. The SMILES string of the molecule is COC(=O)c1cc(N)c(C)c(CN2CCN(C(=O)OC(C)(C)C)C(C)C2)c1. The second kappa shape index (κ2) is 8.17. The molecule has 1 aromatic rings. The van der Waals surface area contributed by atoms with Gasteiger partial charge in [0.1, 0.15) is 5.60 Å². The summed E-state index contributed by atoms with van der Waals surface area (Å²) in [5, 5.41) is 0. The average Bonchev–Trinajstić information content (AvgIpc) is 2.56. The predicted molar refractivity (Wildman–Crippen MR) is 105 cm³/mol. The van der Waals surface area contributed by atoms with Crippen LogP contribution in [0, 0.1) is 6.92 Å². The first-order chi connectivity index (χ1) is 12.5. The summed E-state index contributed by atoms with van der Waals surface area (Å²) in [6.07, 6.45) is -0.275. The molecule has 0 spiro atoms. The van der Waals surface area contributed by atoms with E-state index in [9.17, 15) is 9.59 Å². The number of carbonyl (C=O) groups is 2. The number of piperazine rings is 1. The molecule has 0 saturated carbocycles. The second-order valence-electron chi connectivity index (χ2n) is 8.10. The van der Waals surface area contributed by atoms with Gasteiger partial charge in [-0.2, -0.15) is 0 Å².